The van der Waals surface area contributed by atoms with Gasteiger partial charge in [0.1, 0.15) is 6.04 Å². The third-order valence-electron chi connectivity index (χ3n) is 4.53. The van der Waals surface area contributed by atoms with E-state index in [2.05, 4.69) is 21.3 Å². The van der Waals surface area contributed by atoms with Crippen LogP contribution in [0, 0.1) is 5.92 Å². The van der Waals surface area contributed by atoms with E-state index in [1.54, 1.807) is 0 Å². The van der Waals surface area contributed by atoms with Crippen molar-refractivity contribution in [2.75, 3.05) is 26.2 Å². The number of nitrogens with zero attached hydrogens (tertiary/aromatic N) is 1. The largest absolute Gasteiger partial charge is 0.354 e. The fourth-order valence-corrected chi connectivity index (χ4v) is 2.71. The first-order valence-corrected chi connectivity index (χ1v) is 10.7. The highest BCUT2D eigenvalue weighted by Gasteiger charge is 2.22. The SMILES string of the molecule is CC(C)CNC(=O)CNC(=O)C(C)NC(=O)CNC(=O)CCCCCN1C(=O)C=CC1=O. The number of carbonyl (C=O) groups is 6. The second-order valence-corrected chi connectivity index (χ2v) is 7.95. The van der Waals surface area contributed by atoms with Gasteiger partial charge in [0.25, 0.3) is 11.8 Å². The zero-order chi connectivity index (χ0) is 24.1. The van der Waals surface area contributed by atoms with E-state index >= 15 is 0 Å². The highest BCUT2D eigenvalue weighted by Crippen LogP contribution is 2.07. The van der Waals surface area contributed by atoms with Gasteiger partial charge >= 0.3 is 0 Å². The molecule has 0 bridgehead atoms. The highest BCUT2D eigenvalue weighted by molar-refractivity contribution is 6.12. The quantitative estimate of drug-likeness (QED) is 0.196. The molecule has 0 aromatic rings. The predicted octanol–water partition coefficient (Wildman–Crippen LogP) is -1.02. The summed E-state index contributed by atoms with van der Waals surface area (Å²) in [6.45, 7) is 5.76. The Bertz CT molecular complexity index is 731. The van der Waals surface area contributed by atoms with Crippen LogP contribution in [0.2, 0.25) is 0 Å². The van der Waals surface area contributed by atoms with E-state index in [1.165, 1.54) is 19.1 Å². The van der Waals surface area contributed by atoms with Crippen LogP contribution in [0.5, 0.6) is 0 Å². The number of carbonyl (C=O) groups excluding carboxylic acids is 6. The van der Waals surface area contributed by atoms with Crippen molar-refractivity contribution in [2.24, 2.45) is 5.92 Å². The van der Waals surface area contributed by atoms with E-state index in [-0.39, 0.29) is 43.1 Å². The Morgan fingerprint density at radius 3 is 2.06 bits per heavy atom. The summed E-state index contributed by atoms with van der Waals surface area (Å²) in [5, 5.41) is 10.0. The predicted molar refractivity (Wildman–Crippen MR) is 116 cm³/mol. The minimum Gasteiger partial charge on any atom is -0.354 e. The van der Waals surface area contributed by atoms with Crippen molar-refractivity contribution < 1.29 is 28.8 Å². The van der Waals surface area contributed by atoms with Gasteiger partial charge in [0.15, 0.2) is 0 Å². The van der Waals surface area contributed by atoms with Gasteiger partial charge in [0.05, 0.1) is 13.1 Å². The molecule has 0 spiro atoms. The number of imide groups is 1. The molecule has 0 saturated heterocycles. The van der Waals surface area contributed by atoms with E-state index in [9.17, 15) is 28.8 Å². The van der Waals surface area contributed by atoms with Crippen LogP contribution in [0.3, 0.4) is 0 Å². The van der Waals surface area contributed by atoms with Crippen molar-refractivity contribution in [3.8, 4) is 0 Å². The van der Waals surface area contributed by atoms with Crippen LogP contribution in [0.25, 0.3) is 0 Å². The second kappa shape index (κ2) is 13.9. The molecule has 0 saturated carbocycles. The van der Waals surface area contributed by atoms with Gasteiger partial charge in [-0.3, -0.25) is 33.7 Å². The Kier molecular flexibility index (Phi) is 11.7. The van der Waals surface area contributed by atoms with Crippen molar-refractivity contribution in [1.29, 1.82) is 0 Å². The molecule has 11 nitrogen and oxygen atoms in total. The Hall–Kier alpha value is -3.24. The average Bonchev–Trinajstić information content (AvgIpc) is 3.06. The normalized spacial score (nSPS) is 13.8. The minimum absolute atomic E-state index is 0.181. The summed E-state index contributed by atoms with van der Waals surface area (Å²) in [6.07, 6.45) is 4.46. The van der Waals surface area contributed by atoms with Gasteiger partial charge in [-0.2, -0.15) is 0 Å². The molecule has 1 aliphatic rings. The fourth-order valence-electron chi connectivity index (χ4n) is 2.71. The molecule has 6 amide bonds. The van der Waals surface area contributed by atoms with Crippen LogP contribution in [-0.2, 0) is 28.8 Å². The fraction of sp³-hybridized carbons (Fsp3) is 0.619. The van der Waals surface area contributed by atoms with Crippen molar-refractivity contribution >= 4 is 35.4 Å². The Labute approximate surface area is 187 Å². The molecule has 0 radical (unpaired) electrons. The van der Waals surface area contributed by atoms with Crippen LogP contribution in [0.1, 0.15) is 46.5 Å². The lowest BCUT2D eigenvalue weighted by molar-refractivity contribution is -0.137. The van der Waals surface area contributed by atoms with Crippen LogP contribution in [0.4, 0.5) is 0 Å². The zero-order valence-electron chi connectivity index (χ0n) is 18.9. The van der Waals surface area contributed by atoms with Crippen molar-refractivity contribution in [1.82, 2.24) is 26.2 Å². The standard InChI is InChI=1S/C21H33N5O6/c1-14(2)11-22-17(28)12-24-21(32)15(3)25-18(29)13-23-16(27)7-5-4-6-10-26-19(30)8-9-20(26)31/h8-9,14-15H,4-7,10-13H2,1-3H3,(H,22,28)(H,23,27)(H,24,32)(H,25,29). The Balaban J connectivity index is 2.12. The molecule has 1 atom stereocenters. The first-order chi connectivity index (χ1) is 15.1. The first kappa shape index (κ1) is 26.8. The maximum atomic E-state index is 12.0. The smallest absolute Gasteiger partial charge is 0.253 e. The van der Waals surface area contributed by atoms with E-state index in [0.29, 0.717) is 38.3 Å². The molecular formula is C21H33N5O6. The summed E-state index contributed by atoms with van der Waals surface area (Å²) < 4.78 is 0. The van der Waals surface area contributed by atoms with E-state index in [4.69, 9.17) is 0 Å². The monoisotopic (exact) mass is 451 g/mol. The van der Waals surface area contributed by atoms with E-state index in [1.807, 2.05) is 13.8 Å². The summed E-state index contributed by atoms with van der Waals surface area (Å²) in [6, 6.07) is -0.859. The van der Waals surface area contributed by atoms with Crippen molar-refractivity contribution in [3.05, 3.63) is 12.2 Å². The Morgan fingerprint density at radius 2 is 1.44 bits per heavy atom. The number of unbranched alkanes of at least 4 members (excludes halogenated alkanes) is 2. The maximum Gasteiger partial charge on any atom is 0.253 e. The van der Waals surface area contributed by atoms with Gasteiger partial charge in [-0.15, -0.1) is 0 Å². The van der Waals surface area contributed by atoms with Crippen LogP contribution < -0.4 is 21.3 Å². The summed E-state index contributed by atoms with van der Waals surface area (Å²) in [7, 11) is 0. The summed E-state index contributed by atoms with van der Waals surface area (Å²) in [5.41, 5.74) is 0. The first-order valence-electron chi connectivity index (χ1n) is 10.7. The molecule has 0 aliphatic carbocycles. The molecule has 1 rings (SSSR count). The number of rotatable bonds is 14. The molecule has 0 aromatic carbocycles. The third-order valence-corrected chi connectivity index (χ3v) is 4.53. The van der Waals surface area contributed by atoms with Gasteiger partial charge in [0.2, 0.25) is 23.6 Å². The molecule has 0 fully saturated rings. The van der Waals surface area contributed by atoms with Crippen molar-refractivity contribution in [2.45, 2.75) is 52.5 Å². The van der Waals surface area contributed by atoms with E-state index in [0.717, 1.165) is 4.90 Å². The average molecular weight is 452 g/mol. The summed E-state index contributed by atoms with van der Waals surface area (Å²) >= 11 is 0. The molecular weight excluding hydrogens is 418 g/mol. The molecule has 11 heteroatoms. The van der Waals surface area contributed by atoms with Crippen LogP contribution in [0.15, 0.2) is 12.2 Å². The number of hydrogen-bond acceptors (Lipinski definition) is 6. The highest BCUT2D eigenvalue weighted by atomic mass is 16.2. The van der Waals surface area contributed by atoms with Gasteiger partial charge in [0, 0.05) is 31.7 Å². The maximum absolute atomic E-state index is 12.0. The molecule has 1 heterocycles. The molecule has 32 heavy (non-hydrogen) atoms. The van der Waals surface area contributed by atoms with Gasteiger partial charge in [-0.05, 0) is 25.7 Å². The summed E-state index contributed by atoms with van der Waals surface area (Å²) in [5.74, 6) is -2.00. The molecule has 1 unspecified atom stereocenters. The van der Waals surface area contributed by atoms with Crippen molar-refractivity contribution in [3.63, 3.8) is 0 Å². The lowest BCUT2D eigenvalue weighted by atomic mass is 10.2. The molecule has 0 aromatic heterocycles. The topological polar surface area (TPSA) is 154 Å². The minimum atomic E-state index is -0.859. The molecule has 4 N–H and O–H groups in total. The number of hydrogen-bond donors (Lipinski definition) is 4. The number of nitrogens with one attached hydrogen (secondary N) is 4. The van der Waals surface area contributed by atoms with E-state index < -0.39 is 17.9 Å². The summed E-state index contributed by atoms with van der Waals surface area (Å²) in [4.78, 5) is 71.3. The van der Waals surface area contributed by atoms with Gasteiger partial charge in [-0.25, -0.2) is 0 Å². The lowest BCUT2D eigenvalue weighted by Gasteiger charge is -2.15. The molecule has 1 aliphatic heterocycles. The molecule has 178 valence electrons. The second-order valence-electron chi connectivity index (χ2n) is 7.95. The van der Waals surface area contributed by atoms with Gasteiger partial charge in [-0.1, -0.05) is 20.3 Å². The van der Waals surface area contributed by atoms with Crippen LogP contribution in [-0.4, -0.2) is 72.6 Å². The van der Waals surface area contributed by atoms with Crippen LogP contribution >= 0.6 is 0 Å². The Morgan fingerprint density at radius 1 is 0.812 bits per heavy atom. The van der Waals surface area contributed by atoms with Gasteiger partial charge < -0.3 is 21.3 Å². The third kappa shape index (κ3) is 10.7. The number of amides is 6. The zero-order valence-corrected chi connectivity index (χ0v) is 18.9. The lowest BCUT2D eigenvalue weighted by Crippen LogP contribution is -2.49.